The molecule has 1 saturated heterocycles. The molecule has 3 rings (SSSR count). The van der Waals surface area contributed by atoms with Gasteiger partial charge in [0.25, 0.3) is 11.8 Å². The minimum Gasteiger partial charge on any atom is -0.273 e. The molecule has 0 saturated carbocycles. The maximum atomic E-state index is 13.0. The van der Waals surface area contributed by atoms with E-state index in [4.69, 9.17) is 0 Å². The van der Waals surface area contributed by atoms with Gasteiger partial charge in [-0.05, 0) is 60.9 Å². The second-order valence-corrected chi connectivity index (χ2v) is 5.78. The average Bonchev–Trinajstić information content (AvgIpc) is 2.56. The van der Waals surface area contributed by atoms with Gasteiger partial charge in [-0.15, -0.1) is 0 Å². The van der Waals surface area contributed by atoms with Gasteiger partial charge in [0.15, 0.2) is 0 Å². The third-order valence-corrected chi connectivity index (χ3v) is 4.03. The van der Waals surface area contributed by atoms with Gasteiger partial charge in [0.2, 0.25) is 0 Å². The Hall–Kier alpha value is -3.28. The summed E-state index contributed by atoms with van der Waals surface area (Å²) in [6.45, 7) is 3.78. The molecular weight excluding hydrogens is 323 g/mol. The molecule has 0 aromatic heterocycles. The van der Waals surface area contributed by atoms with Crippen LogP contribution in [0.1, 0.15) is 16.7 Å². The number of carbonyl (C=O) groups is 3. The summed E-state index contributed by atoms with van der Waals surface area (Å²) < 4.78 is 13.0. The van der Waals surface area contributed by atoms with E-state index in [-0.39, 0.29) is 5.57 Å². The summed E-state index contributed by atoms with van der Waals surface area (Å²) >= 11 is 0. The fraction of sp³-hybridized carbons (Fsp3) is 0.105. The first-order chi connectivity index (χ1) is 11.9. The molecule has 4 amide bonds. The summed E-state index contributed by atoms with van der Waals surface area (Å²) in [6, 6.07) is 9.69. The lowest BCUT2D eigenvalue weighted by atomic mass is 10.1. The van der Waals surface area contributed by atoms with Crippen molar-refractivity contribution in [3.63, 3.8) is 0 Å². The van der Waals surface area contributed by atoms with Crippen molar-refractivity contribution in [2.24, 2.45) is 0 Å². The molecule has 1 aliphatic rings. The van der Waals surface area contributed by atoms with Crippen molar-refractivity contribution in [3.05, 3.63) is 70.5 Å². The molecule has 0 bridgehead atoms. The Balaban J connectivity index is 2.02. The maximum Gasteiger partial charge on any atom is 0.335 e. The molecule has 2 aromatic carbocycles. The molecule has 0 atom stereocenters. The van der Waals surface area contributed by atoms with Crippen LogP contribution in [0.25, 0.3) is 6.08 Å². The van der Waals surface area contributed by atoms with Gasteiger partial charge >= 0.3 is 6.03 Å². The normalized spacial score (nSPS) is 16.4. The van der Waals surface area contributed by atoms with Gasteiger partial charge in [-0.3, -0.25) is 14.9 Å². The minimum atomic E-state index is -0.797. The van der Waals surface area contributed by atoms with Crippen molar-refractivity contribution in [2.75, 3.05) is 4.90 Å². The minimum absolute atomic E-state index is 0.190. The predicted octanol–water partition coefficient (Wildman–Crippen LogP) is 3.11. The molecule has 1 N–H and O–H groups in total. The van der Waals surface area contributed by atoms with Gasteiger partial charge in [-0.2, -0.15) is 0 Å². The van der Waals surface area contributed by atoms with Crippen LogP contribution in [0.15, 0.2) is 48.0 Å². The summed E-state index contributed by atoms with van der Waals surface area (Å²) in [4.78, 5) is 37.8. The molecule has 5 nitrogen and oxygen atoms in total. The van der Waals surface area contributed by atoms with Crippen LogP contribution in [-0.2, 0) is 9.59 Å². The molecule has 126 valence electrons. The van der Waals surface area contributed by atoms with E-state index >= 15 is 0 Å². The average molecular weight is 338 g/mol. The number of halogens is 1. The Morgan fingerprint density at radius 2 is 1.64 bits per heavy atom. The fourth-order valence-electron chi connectivity index (χ4n) is 2.48. The summed E-state index contributed by atoms with van der Waals surface area (Å²) in [5.41, 5.74) is 2.60. The first-order valence-electron chi connectivity index (χ1n) is 7.61. The van der Waals surface area contributed by atoms with Crippen LogP contribution >= 0.6 is 0 Å². The van der Waals surface area contributed by atoms with E-state index in [0.29, 0.717) is 11.3 Å². The van der Waals surface area contributed by atoms with Crippen LogP contribution in [0.5, 0.6) is 0 Å². The molecule has 0 spiro atoms. The summed E-state index contributed by atoms with van der Waals surface area (Å²) in [5, 5.41) is 2.16. The number of barbiturate groups is 1. The van der Waals surface area contributed by atoms with E-state index < -0.39 is 23.7 Å². The van der Waals surface area contributed by atoms with Crippen LogP contribution in [0.2, 0.25) is 0 Å². The second-order valence-electron chi connectivity index (χ2n) is 5.78. The van der Waals surface area contributed by atoms with Crippen LogP contribution in [0, 0.1) is 19.7 Å². The maximum absolute atomic E-state index is 13.0. The number of rotatable bonds is 2. The van der Waals surface area contributed by atoms with Gasteiger partial charge in [-0.25, -0.2) is 14.1 Å². The molecule has 0 unspecified atom stereocenters. The van der Waals surface area contributed by atoms with E-state index in [0.717, 1.165) is 16.0 Å². The highest BCUT2D eigenvalue weighted by atomic mass is 19.1. The van der Waals surface area contributed by atoms with Gasteiger partial charge in [0.1, 0.15) is 11.4 Å². The quantitative estimate of drug-likeness (QED) is 0.676. The lowest BCUT2D eigenvalue weighted by molar-refractivity contribution is -0.122. The van der Waals surface area contributed by atoms with Crippen molar-refractivity contribution < 1.29 is 18.8 Å². The molecule has 0 aliphatic carbocycles. The van der Waals surface area contributed by atoms with Crippen LogP contribution in [-0.4, -0.2) is 17.8 Å². The lowest BCUT2D eigenvalue weighted by Gasteiger charge is -2.26. The number of amides is 4. The summed E-state index contributed by atoms with van der Waals surface area (Å²) in [5.74, 6) is -1.92. The Labute approximate surface area is 143 Å². The third-order valence-electron chi connectivity index (χ3n) is 4.03. The highest BCUT2D eigenvalue weighted by Gasteiger charge is 2.36. The molecule has 1 fully saturated rings. The van der Waals surface area contributed by atoms with Crippen LogP contribution in [0.3, 0.4) is 0 Å². The summed E-state index contributed by atoms with van der Waals surface area (Å²) in [6.07, 6.45) is 1.33. The molecule has 1 aliphatic heterocycles. The van der Waals surface area contributed by atoms with E-state index in [2.05, 4.69) is 5.32 Å². The SMILES string of the molecule is Cc1ccc(N2C(=O)NC(=O)/C(=C\c3ccc(F)cc3)C2=O)cc1C. The molecule has 0 radical (unpaired) electrons. The largest absolute Gasteiger partial charge is 0.335 e. The zero-order valence-electron chi connectivity index (χ0n) is 13.7. The fourth-order valence-corrected chi connectivity index (χ4v) is 2.48. The Bertz CT molecular complexity index is 917. The number of aryl methyl sites for hydroxylation is 2. The van der Waals surface area contributed by atoms with Gasteiger partial charge < -0.3 is 0 Å². The molecule has 25 heavy (non-hydrogen) atoms. The van der Waals surface area contributed by atoms with Gasteiger partial charge in [-0.1, -0.05) is 18.2 Å². The topological polar surface area (TPSA) is 66.5 Å². The van der Waals surface area contributed by atoms with Crippen molar-refractivity contribution in [1.82, 2.24) is 5.32 Å². The first kappa shape index (κ1) is 16.6. The van der Waals surface area contributed by atoms with Crippen molar-refractivity contribution in [1.29, 1.82) is 0 Å². The van der Waals surface area contributed by atoms with Gasteiger partial charge in [0, 0.05) is 0 Å². The smallest absolute Gasteiger partial charge is 0.273 e. The van der Waals surface area contributed by atoms with Crippen molar-refractivity contribution >= 4 is 29.6 Å². The molecule has 1 heterocycles. The number of hydrogen-bond donors (Lipinski definition) is 1. The zero-order chi connectivity index (χ0) is 18.1. The Morgan fingerprint density at radius 1 is 0.960 bits per heavy atom. The third kappa shape index (κ3) is 3.19. The number of anilines is 1. The second kappa shape index (κ2) is 6.32. The number of urea groups is 1. The van der Waals surface area contributed by atoms with E-state index in [1.807, 2.05) is 13.8 Å². The predicted molar refractivity (Wildman–Crippen MR) is 91.3 cm³/mol. The van der Waals surface area contributed by atoms with E-state index in [1.54, 1.807) is 18.2 Å². The van der Waals surface area contributed by atoms with Crippen LogP contribution < -0.4 is 10.2 Å². The zero-order valence-corrected chi connectivity index (χ0v) is 13.7. The first-order valence-corrected chi connectivity index (χ1v) is 7.61. The highest BCUT2D eigenvalue weighted by Crippen LogP contribution is 2.24. The van der Waals surface area contributed by atoms with E-state index in [1.165, 1.54) is 30.3 Å². The lowest BCUT2D eigenvalue weighted by Crippen LogP contribution is -2.54. The molecule has 6 heteroatoms. The summed E-state index contributed by atoms with van der Waals surface area (Å²) in [7, 11) is 0. The Morgan fingerprint density at radius 3 is 2.28 bits per heavy atom. The van der Waals surface area contributed by atoms with Crippen LogP contribution in [0.4, 0.5) is 14.9 Å². The molecular formula is C19H15FN2O3. The molecule has 2 aromatic rings. The number of nitrogens with zero attached hydrogens (tertiary/aromatic N) is 1. The Kier molecular flexibility index (Phi) is 4.19. The van der Waals surface area contributed by atoms with E-state index in [9.17, 15) is 18.8 Å². The highest BCUT2D eigenvalue weighted by molar-refractivity contribution is 6.39. The number of nitrogens with one attached hydrogen (secondary N) is 1. The van der Waals surface area contributed by atoms with Crippen molar-refractivity contribution in [3.8, 4) is 0 Å². The van der Waals surface area contributed by atoms with Gasteiger partial charge in [0.05, 0.1) is 5.69 Å². The number of hydrogen-bond acceptors (Lipinski definition) is 3. The standard InChI is InChI=1S/C19H15FN2O3/c1-11-3-8-15(9-12(11)2)22-18(24)16(17(23)21-19(22)25)10-13-4-6-14(20)7-5-13/h3-10H,1-2H3,(H,21,23,25)/b16-10+. The number of benzene rings is 2. The van der Waals surface area contributed by atoms with Crippen molar-refractivity contribution in [2.45, 2.75) is 13.8 Å². The monoisotopic (exact) mass is 338 g/mol. The number of carbonyl (C=O) groups excluding carboxylic acids is 3. The number of imide groups is 2.